The maximum absolute atomic E-state index is 13.0. The van der Waals surface area contributed by atoms with Crippen LogP contribution in [0.15, 0.2) is 24.3 Å². The van der Waals surface area contributed by atoms with Crippen LogP contribution in [0.3, 0.4) is 0 Å². The Hall–Kier alpha value is -1.41. The van der Waals surface area contributed by atoms with Gasteiger partial charge >= 0.3 is 0 Å². The van der Waals surface area contributed by atoms with Crippen molar-refractivity contribution in [3.8, 4) is 0 Å². The summed E-state index contributed by atoms with van der Waals surface area (Å²) >= 11 is 0. The van der Waals surface area contributed by atoms with E-state index in [2.05, 4.69) is 19.2 Å². The molecule has 0 bridgehead atoms. The molecule has 1 aliphatic rings. The van der Waals surface area contributed by atoms with Crippen molar-refractivity contribution in [2.75, 3.05) is 13.2 Å². The fourth-order valence-corrected chi connectivity index (χ4v) is 6.49. The van der Waals surface area contributed by atoms with E-state index in [9.17, 15) is 40.5 Å². The second-order valence-electron chi connectivity index (χ2n) is 15.1. The molecule has 1 rings (SSSR count). The first-order valence-electron chi connectivity index (χ1n) is 20.6. The Morgan fingerprint density at radius 2 is 1.29 bits per heavy atom. The smallest absolute Gasteiger partial charge is 0.249 e. The van der Waals surface area contributed by atoms with E-state index in [1.165, 1.54) is 89.5 Å². The Morgan fingerprint density at radius 3 is 1.83 bits per heavy atom. The highest BCUT2D eigenvalue weighted by Crippen LogP contribution is 2.23. The van der Waals surface area contributed by atoms with Gasteiger partial charge in [-0.2, -0.15) is 0 Å². The van der Waals surface area contributed by atoms with Crippen LogP contribution in [-0.2, 0) is 14.3 Å². The largest absolute Gasteiger partial charge is 0.394 e. The van der Waals surface area contributed by atoms with E-state index in [4.69, 9.17) is 9.47 Å². The van der Waals surface area contributed by atoms with Gasteiger partial charge in [-0.1, -0.05) is 160 Å². The highest BCUT2D eigenvalue weighted by atomic mass is 16.7. The minimum Gasteiger partial charge on any atom is -0.394 e. The van der Waals surface area contributed by atoms with E-state index < -0.39 is 67.1 Å². The van der Waals surface area contributed by atoms with E-state index >= 15 is 0 Å². The number of carbonyl (C=O) groups is 1. The second-order valence-corrected chi connectivity index (χ2v) is 15.1. The molecule has 0 radical (unpaired) electrons. The molecule has 9 atom stereocenters. The molecule has 8 N–H and O–H groups in total. The first-order chi connectivity index (χ1) is 25.0. The first kappa shape index (κ1) is 48.6. The Labute approximate surface area is 314 Å². The van der Waals surface area contributed by atoms with Gasteiger partial charge in [0, 0.05) is 0 Å². The summed E-state index contributed by atoms with van der Waals surface area (Å²) < 4.78 is 11.1. The number of aliphatic hydroxyl groups excluding tert-OH is 6. The Bertz CT molecular complexity index is 929. The maximum Gasteiger partial charge on any atom is 0.249 e. The molecular formula is C41H77NO10. The fraction of sp³-hybridized carbons (Fsp3) is 0.878. The summed E-state index contributed by atoms with van der Waals surface area (Å²) in [4.78, 5) is 13.0. The summed E-state index contributed by atoms with van der Waals surface area (Å²) in [5.74, 6) is -0.667. The van der Waals surface area contributed by atoms with Crippen molar-refractivity contribution in [3.05, 3.63) is 24.3 Å². The van der Waals surface area contributed by atoms with Crippen LogP contribution in [-0.4, -0.2) is 109 Å². The molecule has 1 amide bonds. The summed E-state index contributed by atoms with van der Waals surface area (Å²) in [5, 5.41) is 75.1. The van der Waals surface area contributed by atoms with Crippen LogP contribution in [0.2, 0.25) is 0 Å². The molecule has 0 aromatic carbocycles. The third-order valence-electron chi connectivity index (χ3n) is 10.0. The molecule has 1 saturated heterocycles. The molecule has 1 fully saturated rings. The molecule has 11 heteroatoms. The number of hydrogen-bond donors (Lipinski definition) is 8. The van der Waals surface area contributed by atoms with Crippen molar-refractivity contribution >= 4 is 5.91 Å². The van der Waals surface area contributed by atoms with Crippen LogP contribution in [0.25, 0.3) is 0 Å². The van der Waals surface area contributed by atoms with Crippen LogP contribution in [0.4, 0.5) is 0 Å². The number of unbranched alkanes of at least 4 members (excludes halogenated alkanes) is 17. The number of hydrogen-bond acceptors (Lipinski definition) is 10. The standard InChI is InChI=1S/C41H77NO10/c1-4-6-8-10-12-13-14-15-16-17-19-22-27-34(45)39(49)42-32(31-51-40-38(48)37(47)36(46)35(30-43)52-40)33(44)26-23-21-25-29-41(3,50)28-24-20-18-11-9-7-5-2/h23,25-26,29,32-38,40,43-48,50H,4-22,24,27-28,30-31H2,1-3H3,(H,42,49). The average molecular weight is 744 g/mol. The van der Waals surface area contributed by atoms with Crippen molar-refractivity contribution in [2.24, 2.45) is 0 Å². The Balaban J connectivity index is 2.64. The number of allylic oxidation sites excluding steroid dienone is 2. The molecule has 1 heterocycles. The average Bonchev–Trinajstić information content (AvgIpc) is 3.12. The van der Waals surface area contributed by atoms with Gasteiger partial charge in [0.2, 0.25) is 5.91 Å². The van der Waals surface area contributed by atoms with Crippen LogP contribution in [0.1, 0.15) is 162 Å². The van der Waals surface area contributed by atoms with Crippen molar-refractivity contribution in [3.63, 3.8) is 0 Å². The van der Waals surface area contributed by atoms with Crippen LogP contribution >= 0.6 is 0 Å². The predicted octanol–water partition coefficient (Wildman–Crippen LogP) is 5.49. The van der Waals surface area contributed by atoms with Gasteiger partial charge < -0.3 is 50.5 Å². The van der Waals surface area contributed by atoms with Gasteiger partial charge in [-0.3, -0.25) is 4.79 Å². The molecule has 0 aromatic heterocycles. The topological polar surface area (TPSA) is 189 Å². The molecule has 0 spiro atoms. The summed E-state index contributed by atoms with van der Waals surface area (Å²) in [5.41, 5.74) is -0.935. The van der Waals surface area contributed by atoms with E-state index in [0.29, 0.717) is 19.3 Å². The minimum atomic E-state index is -1.64. The van der Waals surface area contributed by atoms with E-state index in [0.717, 1.165) is 32.1 Å². The van der Waals surface area contributed by atoms with E-state index in [1.807, 2.05) is 6.08 Å². The highest BCUT2D eigenvalue weighted by molar-refractivity contribution is 5.80. The number of rotatable bonds is 32. The number of aliphatic hydroxyl groups is 7. The lowest BCUT2D eigenvalue weighted by Gasteiger charge is -2.40. The van der Waals surface area contributed by atoms with E-state index in [-0.39, 0.29) is 13.0 Å². The third kappa shape index (κ3) is 22.1. The highest BCUT2D eigenvalue weighted by Gasteiger charge is 2.44. The molecule has 1 aliphatic heterocycles. The molecule has 0 saturated carbocycles. The van der Waals surface area contributed by atoms with Gasteiger partial charge in [0.05, 0.1) is 31.0 Å². The molecule has 9 unspecified atom stereocenters. The van der Waals surface area contributed by atoms with Crippen molar-refractivity contribution in [2.45, 2.75) is 217 Å². The monoisotopic (exact) mass is 744 g/mol. The zero-order chi connectivity index (χ0) is 38.6. The van der Waals surface area contributed by atoms with Crippen LogP contribution in [0.5, 0.6) is 0 Å². The third-order valence-corrected chi connectivity index (χ3v) is 10.0. The number of amides is 1. The van der Waals surface area contributed by atoms with Crippen molar-refractivity contribution < 1.29 is 50.0 Å². The van der Waals surface area contributed by atoms with Gasteiger partial charge in [-0.25, -0.2) is 0 Å². The van der Waals surface area contributed by atoms with Crippen LogP contribution in [0, 0.1) is 0 Å². The summed E-state index contributed by atoms with van der Waals surface area (Å²) in [7, 11) is 0. The molecule has 0 aromatic rings. The second kappa shape index (κ2) is 29.9. The predicted molar refractivity (Wildman–Crippen MR) is 205 cm³/mol. The summed E-state index contributed by atoms with van der Waals surface area (Å²) in [6.45, 7) is 5.22. The maximum atomic E-state index is 13.0. The summed E-state index contributed by atoms with van der Waals surface area (Å²) in [6, 6.07) is -1.06. The Morgan fingerprint density at radius 1 is 0.769 bits per heavy atom. The number of nitrogens with one attached hydrogen (secondary N) is 1. The van der Waals surface area contributed by atoms with Gasteiger partial charge in [0.15, 0.2) is 6.29 Å². The lowest BCUT2D eigenvalue weighted by atomic mass is 9.96. The van der Waals surface area contributed by atoms with Gasteiger partial charge in [0.25, 0.3) is 0 Å². The van der Waals surface area contributed by atoms with Crippen molar-refractivity contribution in [1.82, 2.24) is 5.32 Å². The van der Waals surface area contributed by atoms with Crippen LogP contribution < -0.4 is 5.32 Å². The quantitative estimate of drug-likeness (QED) is 0.0323. The molecule has 0 aliphatic carbocycles. The molecule has 11 nitrogen and oxygen atoms in total. The normalized spacial score (nSPS) is 23.9. The van der Waals surface area contributed by atoms with Gasteiger partial charge in [0.1, 0.15) is 30.5 Å². The molecule has 306 valence electrons. The van der Waals surface area contributed by atoms with E-state index in [1.54, 1.807) is 19.1 Å². The van der Waals surface area contributed by atoms with Gasteiger partial charge in [-0.05, 0) is 26.2 Å². The first-order valence-corrected chi connectivity index (χ1v) is 20.6. The zero-order valence-corrected chi connectivity index (χ0v) is 32.8. The molecule has 52 heavy (non-hydrogen) atoms. The zero-order valence-electron chi connectivity index (χ0n) is 32.8. The number of ether oxygens (including phenoxy) is 2. The minimum absolute atomic E-state index is 0.277. The van der Waals surface area contributed by atoms with Gasteiger partial charge in [-0.15, -0.1) is 0 Å². The fourth-order valence-electron chi connectivity index (χ4n) is 6.49. The van der Waals surface area contributed by atoms with Crippen molar-refractivity contribution in [1.29, 1.82) is 0 Å². The Kier molecular flexibility index (Phi) is 27.9. The SMILES string of the molecule is CCCCCCCCCCCCCCC(O)C(=O)NC(COC1OC(CO)C(O)C(O)C1O)C(O)C=CCC=CC(C)(O)CCCCCCCCC. The lowest BCUT2D eigenvalue weighted by Crippen LogP contribution is -2.60. The lowest BCUT2D eigenvalue weighted by molar-refractivity contribution is -0.302. The summed E-state index contributed by atoms with van der Waals surface area (Å²) in [6.07, 6.45) is 20.4. The number of carbonyl (C=O) groups excluding carboxylic acids is 1. The molecular weight excluding hydrogens is 666 g/mol.